The summed E-state index contributed by atoms with van der Waals surface area (Å²) < 4.78 is 0. The summed E-state index contributed by atoms with van der Waals surface area (Å²) in [5.41, 5.74) is 4.47. The van der Waals surface area contributed by atoms with Crippen molar-refractivity contribution in [2.24, 2.45) is 0 Å². The molecule has 3 heteroatoms. The molecule has 2 rings (SSSR count). The summed E-state index contributed by atoms with van der Waals surface area (Å²) in [6.45, 7) is 4.26. The van der Waals surface area contributed by atoms with E-state index < -0.39 is 0 Å². The first-order valence-corrected chi connectivity index (χ1v) is 7.61. The van der Waals surface area contributed by atoms with Gasteiger partial charge in [-0.15, -0.1) is 0 Å². The second-order valence-electron chi connectivity index (χ2n) is 6.47. The Bertz CT molecular complexity index is 450. The van der Waals surface area contributed by atoms with Gasteiger partial charge in [0.15, 0.2) is 0 Å². The van der Waals surface area contributed by atoms with E-state index in [2.05, 4.69) is 61.4 Å². The molecule has 1 aliphatic carbocycles. The number of rotatable bonds is 6. The normalized spacial score (nSPS) is 17.1. The van der Waals surface area contributed by atoms with Gasteiger partial charge in [0.25, 0.3) is 0 Å². The average molecular weight is 275 g/mol. The number of aryl methyl sites for hydroxylation is 1. The van der Waals surface area contributed by atoms with E-state index in [9.17, 15) is 0 Å². The van der Waals surface area contributed by atoms with Crippen molar-refractivity contribution in [3.63, 3.8) is 0 Å². The van der Waals surface area contributed by atoms with Crippen LogP contribution in [0.5, 0.6) is 0 Å². The van der Waals surface area contributed by atoms with E-state index >= 15 is 0 Å². The Kier molecular flexibility index (Phi) is 4.71. The molecule has 3 nitrogen and oxygen atoms in total. The zero-order valence-electron chi connectivity index (χ0n) is 13.7. The predicted octanol–water partition coefficient (Wildman–Crippen LogP) is 2.63. The third kappa shape index (κ3) is 2.99. The van der Waals surface area contributed by atoms with E-state index in [1.54, 1.807) is 0 Å². The first-order chi connectivity index (χ1) is 9.48. The minimum atomic E-state index is 0.381. The highest BCUT2D eigenvalue weighted by molar-refractivity contribution is 5.50. The third-order valence-electron chi connectivity index (χ3n) is 4.90. The largest absolute Gasteiger partial charge is 0.373 e. The van der Waals surface area contributed by atoms with Crippen molar-refractivity contribution in [2.45, 2.75) is 38.3 Å². The molecule has 1 N–H and O–H groups in total. The van der Waals surface area contributed by atoms with E-state index in [1.165, 1.54) is 36.1 Å². The number of benzene rings is 1. The maximum atomic E-state index is 3.22. The van der Waals surface area contributed by atoms with Gasteiger partial charge < -0.3 is 15.1 Å². The van der Waals surface area contributed by atoms with Crippen LogP contribution in [0.15, 0.2) is 18.2 Å². The summed E-state index contributed by atoms with van der Waals surface area (Å²) in [4.78, 5) is 4.82. The number of anilines is 1. The molecule has 0 atom stereocenters. The van der Waals surface area contributed by atoms with Gasteiger partial charge in [-0.1, -0.05) is 6.07 Å². The molecule has 0 aliphatic heterocycles. The van der Waals surface area contributed by atoms with Crippen LogP contribution < -0.4 is 10.2 Å². The SMILES string of the molecule is CNCc1ccc(N(C)CC2(N(C)C)CCC2)cc1C. The van der Waals surface area contributed by atoms with E-state index in [0.717, 1.165) is 13.1 Å². The molecule has 1 fully saturated rings. The molecule has 0 saturated heterocycles. The lowest BCUT2D eigenvalue weighted by Crippen LogP contribution is -2.56. The third-order valence-corrected chi connectivity index (χ3v) is 4.90. The van der Waals surface area contributed by atoms with Crippen molar-refractivity contribution < 1.29 is 0 Å². The summed E-state index contributed by atoms with van der Waals surface area (Å²) in [7, 11) is 8.65. The molecule has 0 radical (unpaired) electrons. The van der Waals surface area contributed by atoms with E-state index in [1.807, 2.05) is 7.05 Å². The summed E-state index contributed by atoms with van der Waals surface area (Å²) >= 11 is 0. The van der Waals surface area contributed by atoms with Crippen LogP contribution >= 0.6 is 0 Å². The van der Waals surface area contributed by atoms with Gasteiger partial charge in [0, 0.05) is 31.4 Å². The summed E-state index contributed by atoms with van der Waals surface area (Å²) in [6.07, 6.45) is 4.01. The quantitative estimate of drug-likeness (QED) is 0.861. The van der Waals surface area contributed by atoms with Crippen LogP contribution in [-0.2, 0) is 6.54 Å². The highest BCUT2D eigenvalue weighted by Gasteiger charge is 2.39. The summed E-state index contributed by atoms with van der Waals surface area (Å²) in [5, 5.41) is 3.22. The van der Waals surface area contributed by atoms with Crippen LogP contribution in [0.25, 0.3) is 0 Å². The van der Waals surface area contributed by atoms with Gasteiger partial charge in [-0.3, -0.25) is 0 Å². The highest BCUT2D eigenvalue weighted by Crippen LogP contribution is 2.37. The van der Waals surface area contributed by atoms with Crippen LogP contribution in [0.2, 0.25) is 0 Å². The Labute approximate surface area is 124 Å². The van der Waals surface area contributed by atoms with Gasteiger partial charge in [-0.25, -0.2) is 0 Å². The fourth-order valence-electron chi connectivity index (χ4n) is 3.17. The number of hydrogen-bond acceptors (Lipinski definition) is 3. The fraction of sp³-hybridized carbons (Fsp3) is 0.647. The van der Waals surface area contributed by atoms with Crippen molar-refractivity contribution in [2.75, 3.05) is 39.6 Å². The van der Waals surface area contributed by atoms with E-state index in [4.69, 9.17) is 0 Å². The molecule has 1 aromatic rings. The van der Waals surface area contributed by atoms with Gasteiger partial charge in [-0.2, -0.15) is 0 Å². The molecular formula is C17H29N3. The smallest absolute Gasteiger partial charge is 0.0378 e. The number of likely N-dealkylation sites (N-methyl/N-ethyl adjacent to an activating group) is 2. The number of nitrogens with zero attached hydrogens (tertiary/aromatic N) is 2. The predicted molar refractivity (Wildman–Crippen MR) is 87.5 cm³/mol. The zero-order chi connectivity index (χ0) is 14.8. The Morgan fingerprint density at radius 2 is 1.90 bits per heavy atom. The first kappa shape index (κ1) is 15.3. The van der Waals surface area contributed by atoms with Gasteiger partial charge in [0.2, 0.25) is 0 Å². The summed E-state index contributed by atoms with van der Waals surface area (Å²) in [6, 6.07) is 6.82. The van der Waals surface area contributed by atoms with Gasteiger partial charge in [0.05, 0.1) is 0 Å². The molecule has 1 aromatic carbocycles. The van der Waals surface area contributed by atoms with Crippen molar-refractivity contribution in [1.82, 2.24) is 10.2 Å². The van der Waals surface area contributed by atoms with Gasteiger partial charge >= 0.3 is 0 Å². The van der Waals surface area contributed by atoms with E-state index in [-0.39, 0.29) is 0 Å². The standard InChI is InChI=1S/C17H29N3/c1-14-11-16(8-7-15(14)12-18-2)20(5)13-17(19(3)4)9-6-10-17/h7-8,11,18H,6,9-10,12-13H2,1-5H3. The van der Waals surface area contributed by atoms with Crippen molar-refractivity contribution in [3.8, 4) is 0 Å². The molecule has 0 amide bonds. The molecule has 0 aromatic heterocycles. The lowest BCUT2D eigenvalue weighted by molar-refractivity contribution is 0.0683. The first-order valence-electron chi connectivity index (χ1n) is 7.61. The molecule has 0 heterocycles. The van der Waals surface area contributed by atoms with E-state index in [0.29, 0.717) is 5.54 Å². The molecule has 0 bridgehead atoms. The molecular weight excluding hydrogens is 246 g/mol. The van der Waals surface area contributed by atoms with Crippen LogP contribution in [0.3, 0.4) is 0 Å². The average Bonchev–Trinajstić information content (AvgIpc) is 2.35. The maximum absolute atomic E-state index is 3.22. The van der Waals surface area contributed by atoms with Gasteiger partial charge in [-0.05, 0) is 70.6 Å². The Hall–Kier alpha value is -1.06. The molecule has 20 heavy (non-hydrogen) atoms. The molecule has 0 spiro atoms. The van der Waals surface area contributed by atoms with Crippen LogP contribution in [-0.4, -0.2) is 45.2 Å². The fourth-order valence-corrected chi connectivity index (χ4v) is 3.17. The van der Waals surface area contributed by atoms with Crippen molar-refractivity contribution in [1.29, 1.82) is 0 Å². The lowest BCUT2D eigenvalue weighted by Gasteiger charge is -2.49. The maximum Gasteiger partial charge on any atom is 0.0378 e. The van der Waals surface area contributed by atoms with Crippen LogP contribution in [0.1, 0.15) is 30.4 Å². The second-order valence-corrected chi connectivity index (χ2v) is 6.47. The van der Waals surface area contributed by atoms with Crippen molar-refractivity contribution >= 4 is 5.69 Å². The summed E-state index contributed by atoms with van der Waals surface area (Å²) in [5.74, 6) is 0. The minimum Gasteiger partial charge on any atom is -0.373 e. The minimum absolute atomic E-state index is 0.381. The lowest BCUT2D eigenvalue weighted by atomic mass is 9.75. The van der Waals surface area contributed by atoms with Crippen LogP contribution in [0, 0.1) is 6.92 Å². The number of hydrogen-bond donors (Lipinski definition) is 1. The van der Waals surface area contributed by atoms with Crippen LogP contribution in [0.4, 0.5) is 5.69 Å². The topological polar surface area (TPSA) is 18.5 Å². The number of nitrogens with one attached hydrogen (secondary N) is 1. The monoisotopic (exact) mass is 275 g/mol. The molecule has 1 saturated carbocycles. The Morgan fingerprint density at radius 3 is 2.35 bits per heavy atom. The Morgan fingerprint density at radius 1 is 1.20 bits per heavy atom. The molecule has 0 unspecified atom stereocenters. The highest BCUT2D eigenvalue weighted by atomic mass is 15.2. The second kappa shape index (κ2) is 6.15. The molecule has 112 valence electrons. The molecule has 1 aliphatic rings. The Balaban J connectivity index is 2.09. The van der Waals surface area contributed by atoms with Gasteiger partial charge in [0.1, 0.15) is 0 Å². The zero-order valence-corrected chi connectivity index (χ0v) is 13.7. The van der Waals surface area contributed by atoms with Crippen molar-refractivity contribution in [3.05, 3.63) is 29.3 Å².